The molecule has 2 aromatic rings. The van der Waals surface area contributed by atoms with Gasteiger partial charge in [-0.05, 0) is 23.3 Å². The molecule has 0 fully saturated rings. The zero-order valence-electron chi connectivity index (χ0n) is 12.6. The van der Waals surface area contributed by atoms with E-state index in [0.717, 1.165) is 6.26 Å². The van der Waals surface area contributed by atoms with Crippen molar-refractivity contribution in [3.05, 3.63) is 65.7 Å². The summed E-state index contributed by atoms with van der Waals surface area (Å²) in [5, 5.41) is 19.3. The van der Waals surface area contributed by atoms with Gasteiger partial charge in [0.15, 0.2) is 9.84 Å². The third-order valence-corrected chi connectivity index (χ3v) is 4.89. The lowest BCUT2D eigenvalue weighted by Crippen LogP contribution is -2.23. The van der Waals surface area contributed by atoms with E-state index in [1.54, 1.807) is 42.5 Å². The molecular formula is C17H18O5S. The summed E-state index contributed by atoms with van der Waals surface area (Å²) in [6, 6.07) is 14.6. The fraction of sp³-hybridized carbons (Fsp3) is 0.235. The molecule has 122 valence electrons. The quantitative estimate of drug-likeness (QED) is 0.843. The Balaban J connectivity index is 2.42. The number of benzene rings is 2. The van der Waals surface area contributed by atoms with Crippen LogP contribution < -0.4 is 0 Å². The van der Waals surface area contributed by atoms with Gasteiger partial charge in [0.2, 0.25) is 0 Å². The molecule has 0 bridgehead atoms. The van der Waals surface area contributed by atoms with Crippen molar-refractivity contribution in [1.82, 2.24) is 0 Å². The number of hydrogen-bond acceptors (Lipinski definition) is 4. The molecule has 0 saturated heterocycles. The summed E-state index contributed by atoms with van der Waals surface area (Å²) in [5.74, 6) is -2.61. The molecule has 23 heavy (non-hydrogen) atoms. The molecule has 6 heteroatoms. The Morgan fingerprint density at radius 1 is 1.00 bits per heavy atom. The minimum absolute atomic E-state index is 0.157. The monoisotopic (exact) mass is 334 g/mol. The molecule has 2 unspecified atom stereocenters. The van der Waals surface area contributed by atoms with E-state index in [-0.39, 0.29) is 11.5 Å². The third kappa shape index (κ3) is 3.97. The molecule has 2 aromatic carbocycles. The molecule has 2 N–H and O–H groups in total. The molecule has 5 nitrogen and oxygen atoms in total. The van der Waals surface area contributed by atoms with Crippen molar-refractivity contribution in [2.45, 2.75) is 16.7 Å². The number of rotatable bonds is 6. The molecule has 2 rings (SSSR count). The summed E-state index contributed by atoms with van der Waals surface area (Å²) < 4.78 is 23.0. The van der Waals surface area contributed by atoms with E-state index in [2.05, 4.69) is 0 Å². The van der Waals surface area contributed by atoms with Gasteiger partial charge in [-0.1, -0.05) is 42.5 Å². The van der Waals surface area contributed by atoms with E-state index >= 15 is 0 Å². The van der Waals surface area contributed by atoms with Crippen molar-refractivity contribution in [1.29, 1.82) is 0 Å². The van der Waals surface area contributed by atoms with Crippen LogP contribution in [0.4, 0.5) is 0 Å². The molecule has 0 spiro atoms. The molecule has 0 aliphatic rings. The molecular weight excluding hydrogens is 316 g/mol. The number of aliphatic hydroxyl groups is 1. The Morgan fingerprint density at radius 3 is 2.00 bits per heavy atom. The van der Waals surface area contributed by atoms with Crippen molar-refractivity contribution in [2.24, 2.45) is 0 Å². The third-order valence-electron chi connectivity index (χ3n) is 3.76. The number of sulfone groups is 1. The minimum Gasteiger partial charge on any atom is -0.481 e. The second-order valence-electron chi connectivity index (χ2n) is 5.36. The van der Waals surface area contributed by atoms with Crippen LogP contribution in [0.2, 0.25) is 0 Å². The normalized spacial score (nSPS) is 14.2. The number of hydrogen-bond donors (Lipinski definition) is 2. The molecule has 0 saturated carbocycles. The maximum absolute atomic E-state index is 11.7. The second kappa shape index (κ2) is 6.93. The van der Waals surface area contributed by atoms with E-state index in [1.807, 2.05) is 0 Å². The number of carboxylic acids is 1. The van der Waals surface area contributed by atoms with Gasteiger partial charge in [-0.3, -0.25) is 4.79 Å². The van der Waals surface area contributed by atoms with Crippen LogP contribution in [0, 0.1) is 0 Å². The summed E-state index contributed by atoms with van der Waals surface area (Å²) in [7, 11) is -3.32. The van der Waals surface area contributed by atoms with Crippen LogP contribution in [0.3, 0.4) is 0 Å². The topological polar surface area (TPSA) is 91.7 Å². The first-order valence-corrected chi connectivity index (χ1v) is 8.92. The highest BCUT2D eigenvalue weighted by molar-refractivity contribution is 7.90. The minimum atomic E-state index is -3.32. The van der Waals surface area contributed by atoms with Crippen LogP contribution in [-0.2, 0) is 14.6 Å². The van der Waals surface area contributed by atoms with E-state index < -0.39 is 27.6 Å². The highest BCUT2D eigenvalue weighted by atomic mass is 32.2. The second-order valence-corrected chi connectivity index (χ2v) is 7.37. The first-order valence-electron chi connectivity index (χ1n) is 7.03. The Hall–Kier alpha value is -2.18. The largest absolute Gasteiger partial charge is 0.481 e. The highest BCUT2D eigenvalue weighted by Gasteiger charge is 2.30. The Kier molecular flexibility index (Phi) is 5.18. The average molecular weight is 334 g/mol. The van der Waals surface area contributed by atoms with Gasteiger partial charge in [-0.2, -0.15) is 0 Å². The van der Waals surface area contributed by atoms with E-state index in [4.69, 9.17) is 0 Å². The van der Waals surface area contributed by atoms with E-state index in [0.29, 0.717) is 11.1 Å². The average Bonchev–Trinajstić information content (AvgIpc) is 2.52. The highest BCUT2D eigenvalue weighted by Crippen LogP contribution is 2.33. The fourth-order valence-corrected chi connectivity index (χ4v) is 3.20. The Morgan fingerprint density at radius 2 is 1.57 bits per heavy atom. The molecule has 0 aliphatic heterocycles. The van der Waals surface area contributed by atoms with Gasteiger partial charge in [0.25, 0.3) is 0 Å². The molecule has 0 aromatic heterocycles. The van der Waals surface area contributed by atoms with Gasteiger partial charge < -0.3 is 10.2 Å². The predicted octanol–water partition coefficient (Wildman–Crippen LogP) is 2.03. The molecule has 0 aliphatic carbocycles. The van der Waals surface area contributed by atoms with Crippen LogP contribution in [0.25, 0.3) is 0 Å². The van der Waals surface area contributed by atoms with Crippen LogP contribution >= 0.6 is 0 Å². The zero-order chi connectivity index (χ0) is 17.0. The van der Waals surface area contributed by atoms with Crippen molar-refractivity contribution in [3.63, 3.8) is 0 Å². The summed E-state index contributed by atoms with van der Waals surface area (Å²) in [5.41, 5.74) is 1.17. The predicted molar refractivity (Wildman–Crippen MR) is 86.2 cm³/mol. The van der Waals surface area contributed by atoms with Crippen molar-refractivity contribution >= 4 is 15.8 Å². The maximum atomic E-state index is 11.7. The Bertz CT molecular complexity index is 766. The molecule has 0 amide bonds. The van der Waals surface area contributed by atoms with Crippen LogP contribution in [0.1, 0.15) is 23.0 Å². The van der Waals surface area contributed by atoms with Gasteiger partial charge in [0, 0.05) is 12.2 Å². The summed E-state index contributed by atoms with van der Waals surface area (Å²) in [6.07, 6.45) is 1.11. The SMILES string of the molecule is CS(=O)(=O)c1ccc(C(CO)C(C(=O)O)c2ccccc2)cc1. The van der Waals surface area contributed by atoms with E-state index in [9.17, 15) is 23.4 Å². The summed E-state index contributed by atoms with van der Waals surface area (Å²) in [4.78, 5) is 11.8. The van der Waals surface area contributed by atoms with Gasteiger partial charge >= 0.3 is 5.97 Å². The number of carbonyl (C=O) groups is 1. The fourth-order valence-electron chi connectivity index (χ4n) is 2.57. The molecule has 0 radical (unpaired) electrons. The maximum Gasteiger partial charge on any atom is 0.311 e. The van der Waals surface area contributed by atoms with Crippen molar-refractivity contribution in [3.8, 4) is 0 Å². The Labute approximate surface area is 135 Å². The summed E-state index contributed by atoms with van der Waals surface area (Å²) in [6.45, 7) is -0.357. The van der Waals surface area contributed by atoms with Crippen molar-refractivity contribution in [2.75, 3.05) is 12.9 Å². The zero-order valence-corrected chi connectivity index (χ0v) is 13.4. The lowest BCUT2D eigenvalue weighted by molar-refractivity contribution is -0.139. The van der Waals surface area contributed by atoms with Crippen LogP contribution in [0.5, 0.6) is 0 Å². The first-order chi connectivity index (χ1) is 10.8. The number of carboxylic acid groups (broad SMARTS) is 1. The number of aliphatic hydroxyl groups excluding tert-OH is 1. The smallest absolute Gasteiger partial charge is 0.311 e. The first kappa shape index (κ1) is 17.2. The lowest BCUT2D eigenvalue weighted by Gasteiger charge is -2.23. The van der Waals surface area contributed by atoms with Gasteiger partial charge in [-0.15, -0.1) is 0 Å². The van der Waals surface area contributed by atoms with Crippen LogP contribution in [0.15, 0.2) is 59.5 Å². The van der Waals surface area contributed by atoms with Gasteiger partial charge in [-0.25, -0.2) is 8.42 Å². The standard InChI is InChI=1S/C17H18O5S/c1-23(21,22)14-9-7-12(8-10-14)15(11-18)16(17(19)20)13-5-3-2-4-6-13/h2-10,15-16,18H,11H2,1H3,(H,19,20). The van der Waals surface area contributed by atoms with Gasteiger partial charge in [0.05, 0.1) is 17.4 Å². The number of aliphatic carboxylic acids is 1. The van der Waals surface area contributed by atoms with Crippen molar-refractivity contribution < 1.29 is 23.4 Å². The lowest BCUT2D eigenvalue weighted by atomic mass is 9.82. The molecule has 2 atom stereocenters. The molecule has 0 heterocycles. The van der Waals surface area contributed by atoms with Crippen LogP contribution in [-0.4, -0.2) is 37.5 Å². The van der Waals surface area contributed by atoms with E-state index in [1.165, 1.54) is 12.1 Å². The summed E-state index contributed by atoms with van der Waals surface area (Å²) >= 11 is 0. The van der Waals surface area contributed by atoms with Gasteiger partial charge in [0.1, 0.15) is 0 Å².